The van der Waals surface area contributed by atoms with Crippen LogP contribution in [0.5, 0.6) is 0 Å². The zero-order valence-electron chi connectivity index (χ0n) is 14.4. The number of para-hydroxylation sites is 1. The van der Waals surface area contributed by atoms with Gasteiger partial charge in [0, 0.05) is 30.9 Å². The topological polar surface area (TPSA) is 15.3 Å². The molecule has 0 fully saturated rings. The van der Waals surface area contributed by atoms with Crippen LogP contribution in [0.2, 0.25) is 0 Å². The summed E-state index contributed by atoms with van der Waals surface area (Å²) in [7, 11) is 0. The molecule has 1 aromatic rings. The van der Waals surface area contributed by atoms with Crippen molar-refractivity contribution in [2.45, 2.75) is 54.0 Å². The molecule has 0 aliphatic rings. The Hall–Kier alpha value is -1.02. The van der Waals surface area contributed by atoms with Crippen molar-refractivity contribution in [1.29, 1.82) is 0 Å². The molecule has 1 N–H and O–H groups in total. The van der Waals surface area contributed by atoms with E-state index in [0.29, 0.717) is 0 Å². The molecule has 0 atom stereocenters. The molecule has 0 aliphatic heterocycles. The van der Waals surface area contributed by atoms with Crippen LogP contribution in [0.4, 0.5) is 5.69 Å². The largest absolute Gasteiger partial charge is 0.371 e. The molecule has 2 heteroatoms. The number of hydrogen-bond acceptors (Lipinski definition) is 2. The Morgan fingerprint density at radius 1 is 1.05 bits per heavy atom. The summed E-state index contributed by atoms with van der Waals surface area (Å²) < 4.78 is 0. The number of anilines is 1. The number of benzene rings is 1. The van der Waals surface area contributed by atoms with E-state index in [1.807, 2.05) is 0 Å². The second-order valence-electron chi connectivity index (χ2n) is 7.57. The Morgan fingerprint density at radius 2 is 1.65 bits per heavy atom. The van der Waals surface area contributed by atoms with Gasteiger partial charge in [0.05, 0.1) is 0 Å². The van der Waals surface area contributed by atoms with Crippen LogP contribution in [-0.4, -0.2) is 25.2 Å². The number of nitrogens with one attached hydrogen (secondary N) is 1. The van der Waals surface area contributed by atoms with E-state index in [1.54, 1.807) is 0 Å². The number of aryl methyl sites for hydroxylation is 1. The van der Waals surface area contributed by atoms with Gasteiger partial charge in [-0.3, -0.25) is 0 Å². The van der Waals surface area contributed by atoms with Gasteiger partial charge in [-0.2, -0.15) is 0 Å². The molecule has 0 unspecified atom stereocenters. The molecular weight excluding hydrogens is 244 g/mol. The Labute approximate surface area is 125 Å². The van der Waals surface area contributed by atoms with Crippen LogP contribution in [0.25, 0.3) is 0 Å². The van der Waals surface area contributed by atoms with E-state index in [1.165, 1.54) is 11.3 Å². The summed E-state index contributed by atoms with van der Waals surface area (Å²) in [6, 6.07) is 8.66. The number of nitrogens with zero attached hydrogens (tertiary/aromatic N) is 1. The van der Waals surface area contributed by atoms with Crippen molar-refractivity contribution in [1.82, 2.24) is 5.32 Å². The Kier molecular flexibility index (Phi) is 5.64. The molecule has 1 aromatic carbocycles. The van der Waals surface area contributed by atoms with Crippen LogP contribution in [0.1, 0.15) is 47.1 Å². The summed E-state index contributed by atoms with van der Waals surface area (Å²) in [5.41, 5.74) is 3.13. The van der Waals surface area contributed by atoms with E-state index in [0.717, 1.165) is 19.6 Å². The number of hydrogen-bond donors (Lipinski definition) is 1. The van der Waals surface area contributed by atoms with Gasteiger partial charge in [0.15, 0.2) is 0 Å². The lowest BCUT2D eigenvalue weighted by molar-refractivity contribution is 0.293. The van der Waals surface area contributed by atoms with Gasteiger partial charge >= 0.3 is 0 Å². The molecule has 0 saturated heterocycles. The van der Waals surface area contributed by atoms with Crippen molar-refractivity contribution in [2.75, 3.05) is 24.5 Å². The highest BCUT2D eigenvalue weighted by Gasteiger charge is 2.24. The lowest BCUT2D eigenvalue weighted by Gasteiger charge is -2.36. The first-order chi connectivity index (χ1) is 9.14. The summed E-state index contributed by atoms with van der Waals surface area (Å²) in [4.78, 5) is 2.49. The maximum atomic E-state index is 3.63. The fourth-order valence-electron chi connectivity index (χ4n) is 2.36. The van der Waals surface area contributed by atoms with Crippen LogP contribution in [-0.2, 0) is 0 Å². The molecule has 0 amide bonds. The number of rotatable bonds is 6. The first-order valence-corrected chi connectivity index (χ1v) is 7.70. The van der Waals surface area contributed by atoms with Gasteiger partial charge in [-0.1, -0.05) is 32.0 Å². The predicted molar refractivity (Wildman–Crippen MR) is 90.6 cm³/mol. The molecule has 0 aliphatic carbocycles. The van der Waals surface area contributed by atoms with Crippen molar-refractivity contribution < 1.29 is 0 Å². The third-order valence-electron chi connectivity index (χ3n) is 3.55. The summed E-state index contributed by atoms with van der Waals surface area (Å²) in [6.07, 6.45) is 0. The third-order valence-corrected chi connectivity index (χ3v) is 3.55. The normalized spacial score (nSPS) is 12.6. The minimum Gasteiger partial charge on any atom is -0.371 e. The Morgan fingerprint density at radius 3 is 2.15 bits per heavy atom. The van der Waals surface area contributed by atoms with Crippen molar-refractivity contribution in [2.24, 2.45) is 5.41 Å². The van der Waals surface area contributed by atoms with Crippen molar-refractivity contribution in [3.63, 3.8) is 0 Å². The lowest BCUT2D eigenvalue weighted by atomic mass is 9.91. The summed E-state index contributed by atoms with van der Waals surface area (Å²) >= 11 is 0. The Balaban J connectivity index is 2.75. The zero-order chi connectivity index (χ0) is 15.4. The van der Waals surface area contributed by atoms with Gasteiger partial charge in [0.2, 0.25) is 0 Å². The molecule has 0 aromatic heterocycles. The van der Waals surface area contributed by atoms with Gasteiger partial charge in [-0.05, 0) is 51.7 Å². The molecule has 2 nitrogen and oxygen atoms in total. The lowest BCUT2D eigenvalue weighted by Crippen LogP contribution is -2.46. The predicted octanol–water partition coefficient (Wildman–Crippen LogP) is 4.24. The average molecular weight is 276 g/mol. The molecule has 0 radical (unpaired) electrons. The van der Waals surface area contributed by atoms with Crippen molar-refractivity contribution in [3.05, 3.63) is 29.8 Å². The van der Waals surface area contributed by atoms with E-state index in [9.17, 15) is 0 Å². The van der Waals surface area contributed by atoms with E-state index in [4.69, 9.17) is 0 Å². The minimum absolute atomic E-state index is 0.178. The molecule has 0 bridgehead atoms. The first-order valence-electron chi connectivity index (χ1n) is 7.70. The van der Waals surface area contributed by atoms with Crippen LogP contribution in [0.3, 0.4) is 0 Å². The van der Waals surface area contributed by atoms with Gasteiger partial charge in [0.25, 0.3) is 0 Å². The monoisotopic (exact) mass is 276 g/mol. The molecule has 0 heterocycles. The third kappa shape index (κ3) is 5.54. The maximum Gasteiger partial charge on any atom is 0.0396 e. The zero-order valence-corrected chi connectivity index (χ0v) is 14.4. The fourth-order valence-corrected chi connectivity index (χ4v) is 2.36. The second kappa shape index (κ2) is 6.62. The summed E-state index contributed by atoms with van der Waals surface area (Å²) in [5.74, 6) is 0. The van der Waals surface area contributed by atoms with Crippen molar-refractivity contribution in [3.8, 4) is 0 Å². The minimum atomic E-state index is 0.178. The van der Waals surface area contributed by atoms with E-state index in [2.05, 4.69) is 82.9 Å². The maximum absolute atomic E-state index is 3.63. The van der Waals surface area contributed by atoms with Gasteiger partial charge in [-0.25, -0.2) is 0 Å². The van der Waals surface area contributed by atoms with Gasteiger partial charge in [0.1, 0.15) is 0 Å². The van der Waals surface area contributed by atoms with Gasteiger partial charge in [-0.15, -0.1) is 0 Å². The average Bonchev–Trinajstić information content (AvgIpc) is 2.34. The molecule has 20 heavy (non-hydrogen) atoms. The van der Waals surface area contributed by atoms with Crippen molar-refractivity contribution >= 4 is 5.69 Å². The molecular formula is C18H32N2. The fraction of sp³-hybridized carbons (Fsp3) is 0.667. The molecule has 114 valence electrons. The van der Waals surface area contributed by atoms with E-state index >= 15 is 0 Å². The highest BCUT2D eigenvalue weighted by molar-refractivity contribution is 5.53. The molecule has 0 spiro atoms. The first kappa shape index (κ1) is 17.0. The quantitative estimate of drug-likeness (QED) is 0.836. The van der Waals surface area contributed by atoms with Crippen LogP contribution in [0.15, 0.2) is 24.3 Å². The van der Waals surface area contributed by atoms with Gasteiger partial charge < -0.3 is 10.2 Å². The second-order valence-corrected chi connectivity index (χ2v) is 7.57. The molecule has 1 rings (SSSR count). The SMILES string of the molecule is CCN(CC(C)(C)CNC(C)(C)C)c1ccccc1C. The van der Waals surface area contributed by atoms with Crippen LogP contribution < -0.4 is 10.2 Å². The Bertz CT molecular complexity index is 416. The smallest absolute Gasteiger partial charge is 0.0396 e. The van der Waals surface area contributed by atoms with E-state index < -0.39 is 0 Å². The molecule has 0 saturated carbocycles. The van der Waals surface area contributed by atoms with E-state index in [-0.39, 0.29) is 11.0 Å². The van der Waals surface area contributed by atoms with Crippen LogP contribution >= 0.6 is 0 Å². The highest BCUT2D eigenvalue weighted by Crippen LogP contribution is 2.24. The van der Waals surface area contributed by atoms with Crippen LogP contribution in [0, 0.1) is 12.3 Å². The highest BCUT2D eigenvalue weighted by atomic mass is 15.1. The summed E-state index contributed by atoms with van der Waals surface area (Å²) in [5, 5.41) is 3.63. The summed E-state index contributed by atoms with van der Waals surface area (Å²) in [6.45, 7) is 18.9. The standard InChI is InChI=1S/C18H32N2/c1-8-20(16-12-10-9-11-15(16)2)14-18(6,7)13-19-17(3,4)5/h9-12,19H,8,13-14H2,1-7H3.